The van der Waals surface area contributed by atoms with E-state index in [1.807, 2.05) is 6.07 Å². The molecule has 0 bridgehead atoms. The van der Waals surface area contributed by atoms with E-state index >= 15 is 0 Å². The first-order chi connectivity index (χ1) is 11.4. The Morgan fingerprint density at radius 1 is 1.08 bits per heavy atom. The summed E-state index contributed by atoms with van der Waals surface area (Å²) in [6.07, 6.45) is 0. The Balaban J connectivity index is 2.48. The fourth-order valence-corrected chi connectivity index (χ4v) is 4.11. The van der Waals surface area contributed by atoms with E-state index in [1.54, 1.807) is 57.2 Å². The molecule has 24 heavy (non-hydrogen) atoms. The van der Waals surface area contributed by atoms with E-state index in [1.165, 1.54) is 16.4 Å². The average molecular weight is 347 g/mol. The number of benzene rings is 2. The van der Waals surface area contributed by atoms with Crippen molar-refractivity contribution in [2.75, 3.05) is 10.9 Å². The molecule has 0 heterocycles. The van der Waals surface area contributed by atoms with Crippen LogP contribution < -0.4 is 4.31 Å². The molecule has 0 aliphatic carbocycles. The summed E-state index contributed by atoms with van der Waals surface area (Å²) in [7, 11) is -3.80. The van der Waals surface area contributed by atoms with Gasteiger partial charge in [-0.15, -0.1) is 0 Å². The van der Waals surface area contributed by atoms with Crippen LogP contribution in [0.4, 0.5) is 5.69 Å². The Kier molecular flexibility index (Phi) is 5.62. The zero-order valence-electron chi connectivity index (χ0n) is 14.0. The number of sulfonamides is 1. The van der Waals surface area contributed by atoms with Gasteiger partial charge in [-0.1, -0.05) is 24.3 Å². The number of carbonyl (C=O) groups excluding carboxylic acids is 1. The Morgan fingerprint density at radius 3 is 2.33 bits per heavy atom. The third-order valence-corrected chi connectivity index (χ3v) is 5.38. The van der Waals surface area contributed by atoms with Crippen molar-refractivity contribution in [1.29, 1.82) is 0 Å². The van der Waals surface area contributed by atoms with E-state index < -0.39 is 16.0 Å². The molecule has 0 N–H and O–H groups in total. The molecule has 2 aromatic rings. The van der Waals surface area contributed by atoms with Gasteiger partial charge in [-0.3, -0.25) is 4.31 Å². The van der Waals surface area contributed by atoms with Crippen molar-refractivity contribution < 1.29 is 17.9 Å². The van der Waals surface area contributed by atoms with Crippen LogP contribution in [0.2, 0.25) is 0 Å². The molecule has 0 radical (unpaired) electrons. The van der Waals surface area contributed by atoms with E-state index in [4.69, 9.17) is 4.74 Å². The fraction of sp³-hybridized carbons (Fsp3) is 0.278. The van der Waals surface area contributed by atoms with Crippen molar-refractivity contribution in [1.82, 2.24) is 0 Å². The van der Waals surface area contributed by atoms with Crippen molar-refractivity contribution in [2.45, 2.75) is 31.7 Å². The van der Waals surface area contributed by atoms with Crippen molar-refractivity contribution in [3.05, 3.63) is 60.2 Å². The third kappa shape index (κ3) is 3.76. The topological polar surface area (TPSA) is 63.7 Å². The van der Waals surface area contributed by atoms with Crippen LogP contribution in [0.1, 0.15) is 31.1 Å². The second-order valence-corrected chi connectivity index (χ2v) is 7.29. The van der Waals surface area contributed by atoms with Crippen LogP contribution in [-0.2, 0) is 14.8 Å². The molecule has 0 atom stereocenters. The largest absolute Gasteiger partial charge is 0.462 e. The van der Waals surface area contributed by atoms with E-state index in [0.29, 0.717) is 5.69 Å². The Hall–Kier alpha value is -2.34. The summed E-state index contributed by atoms with van der Waals surface area (Å²) < 4.78 is 32.4. The number of hydrogen-bond donors (Lipinski definition) is 0. The standard InChI is InChI=1S/C18H21NO4S/c1-4-23-18(20)15-9-8-12-17(13-15)24(21,22)19(14(2)3)16-10-6-5-7-11-16/h5-14H,4H2,1-3H3. The van der Waals surface area contributed by atoms with Crippen molar-refractivity contribution >= 4 is 21.7 Å². The van der Waals surface area contributed by atoms with Gasteiger partial charge in [0.15, 0.2) is 0 Å². The van der Waals surface area contributed by atoms with Gasteiger partial charge in [-0.25, -0.2) is 13.2 Å². The lowest BCUT2D eigenvalue weighted by molar-refractivity contribution is 0.0526. The number of carbonyl (C=O) groups is 1. The summed E-state index contributed by atoms with van der Waals surface area (Å²) in [4.78, 5) is 11.9. The maximum atomic E-state index is 13.1. The molecule has 0 aromatic heterocycles. The molecule has 0 spiro atoms. The number of ether oxygens (including phenoxy) is 1. The summed E-state index contributed by atoms with van der Waals surface area (Å²) in [5, 5.41) is 0. The Morgan fingerprint density at radius 2 is 1.75 bits per heavy atom. The summed E-state index contributed by atoms with van der Waals surface area (Å²) in [6, 6.07) is 14.5. The summed E-state index contributed by atoms with van der Waals surface area (Å²) in [6.45, 7) is 5.55. The molecule has 0 aliphatic heterocycles. The first-order valence-electron chi connectivity index (χ1n) is 7.74. The highest BCUT2D eigenvalue weighted by Gasteiger charge is 2.28. The van der Waals surface area contributed by atoms with Crippen LogP contribution in [0.3, 0.4) is 0 Å². The predicted molar refractivity (Wildman–Crippen MR) is 93.6 cm³/mol. The number of anilines is 1. The number of hydrogen-bond acceptors (Lipinski definition) is 4. The lowest BCUT2D eigenvalue weighted by Crippen LogP contribution is -2.37. The first kappa shape index (κ1) is 18.0. The molecule has 0 aliphatic rings. The van der Waals surface area contributed by atoms with E-state index in [9.17, 15) is 13.2 Å². The normalized spacial score (nSPS) is 11.3. The minimum Gasteiger partial charge on any atom is -0.462 e. The van der Waals surface area contributed by atoms with Gasteiger partial charge < -0.3 is 4.74 Å². The SMILES string of the molecule is CCOC(=O)c1cccc(S(=O)(=O)N(c2ccccc2)C(C)C)c1. The fourth-order valence-electron chi connectivity index (χ4n) is 2.40. The molecule has 6 heteroatoms. The highest BCUT2D eigenvalue weighted by atomic mass is 32.2. The van der Waals surface area contributed by atoms with Crippen LogP contribution >= 0.6 is 0 Å². The molecule has 128 valence electrons. The molecular formula is C18H21NO4S. The number of nitrogens with zero attached hydrogens (tertiary/aromatic N) is 1. The highest BCUT2D eigenvalue weighted by Crippen LogP contribution is 2.26. The van der Waals surface area contributed by atoms with Gasteiger partial charge in [-0.05, 0) is 51.1 Å². The van der Waals surface area contributed by atoms with Gasteiger partial charge >= 0.3 is 5.97 Å². The minimum atomic E-state index is -3.80. The van der Waals surface area contributed by atoms with Gasteiger partial charge in [0.25, 0.3) is 10.0 Å². The highest BCUT2D eigenvalue weighted by molar-refractivity contribution is 7.92. The van der Waals surface area contributed by atoms with Gasteiger partial charge in [0.05, 0.1) is 22.8 Å². The van der Waals surface area contributed by atoms with E-state index in [0.717, 1.165) is 0 Å². The third-order valence-electron chi connectivity index (χ3n) is 3.38. The second-order valence-electron chi connectivity index (χ2n) is 5.48. The maximum Gasteiger partial charge on any atom is 0.338 e. The lowest BCUT2D eigenvalue weighted by Gasteiger charge is -2.28. The Labute approximate surface area is 142 Å². The summed E-state index contributed by atoms with van der Waals surface area (Å²) >= 11 is 0. The van der Waals surface area contributed by atoms with Crippen LogP contribution in [0.15, 0.2) is 59.5 Å². The van der Waals surface area contributed by atoms with Crippen molar-refractivity contribution in [3.8, 4) is 0 Å². The van der Waals surface area contributed by atoms with Gasteiger partial charge in [0.1, 0.15) is 0 Å². The number of para-hydroxylation sites is 1. The molecule has 0 amide bonds. The van der Waals surface area contributed by atoms with Crippen LogP contribution in [0.25, 0.3) is 0 Å². The maximum absolute atomic E-state index is 13.1. The van der Waals surface area contributed by atoms with E-state index in [-0.39, 0.29) is 23.1 Å². The zero-order valence-corrected chi connectivity index (χ0v) is 14.8. The second kappa shape index (κ2) is 7.49. The van der Waals surface area contributed by atoms with Crippen molar-refractivity contribution in [3.63, 3.8) is 0 Å². The average Bonchev–Trinajstić information content (AvgIpc) is 2.55. The molecule has 0 fully saturated rings. The first-order valence-corrected chi connectivity index (χ1v) is 9.18. The molecule has 2 aromatic carbocycles. The molecule has 0 unspecified atom stereocenters. The number of esters is 1. The van der Waals surface area contributed by atoms with Crippen LogP contribution in [-0.4, -0.2) is 27.0 Å². The van der Waals surface area contributed by atoms with E-state index in [2.05, 4.69) is 0 Å². The predicted octanol–water partition coefficient (Wildman–Crippen LogP) is 3.47. The zero-order chi connectivity index (χ0) is 17.7. The number of rotatable bonds is 6. The van der Waals surface area contributed by atoms with Gasteiger partial charge in [0.2, 0.25) is 0 Å². The van der Waals surface area contributed by atoms with Gasteiger partial charge in [0, 0.05) is 6.04 Å². The summed E-state index contributed by atoms with van der Waals surface area (Å²) in [5.41, 5.74) is 0.795. The molecular weight excluding hydrogens is 326 g/mol. The molecule has 0 saturated carbocycles. The smallest absolute Gasteiger partial charge is 0.338 e. The van der Waals surface area contributed by atoms with Crippen LogP contribution in [0, 0.1) is 0 Å². The molecule has 0 saturated heterocycles. The summed E-state index contributed by atoms with van der Waals surface area (Å²) in [5.74, 6) is -0.537. The minimum absolute atomic E-state index is 0.0607. The van der Waals surface area contributed by atoms with Gasteiger partial charge in [-0.2, -0.15) is 0 Å². The lowest BCUT2D eigenvalue weighted by atomic mass is 10.2. The molecule has 5 nitrogen and oxygen atoms in total. The Bertz CT molecular complexity index is 801. The van der Waals surface area contributed by atoms with Crippen LogP contribution in [0.5, 0.6) is 0 Å². The quantitative estimate of drug-likeness (QED) is 0.751. The molecule has 2 rings (SSSR count). The van der Waals surface area contributed by atoms with Crippen molar-refractivity contribution in [2.24, 2.45) is 0 Å². The monoisotopic (exact) mass is 347 g/mol.